The number of ether oxygens (including phenoxy) is 1. The van der Waals surface area contributed by atoms with Gasteiger partial charge in [-0.1, -0.05) is 30.3 Å². The fourth-order valence-electron chi connectivity index (χ4n) is 3.31. The second-order valence-corrected chi connectivity index (χ2v) is 8.60. The Kier molecular flexibility index (Phi) is 8.10. The predicted octanol–water partition coefficient (Wildman–Crippen LogP) is 3.26. The Balaban J connectivity index is 2.50. The first kappa shape index (κ1) is 25.4. The van der Waals surface area contributed by atoms with Crippen LogP contribution in [0.25, 0.3) is 0 Å². The van der Waals surface area contributed by atoms with Crippen molar-refractivity contribution in [2.75, 3.05) is 24.6 Å². The van der Waals surface area contributed by atoms with E-state index in [1.165, 1.54) is 37.1 Å². The van der Waals surface area contributed by atoms with E-state index in [0.29, 0.717) is 12.8 Å². The number of hydrogen-bond donors (Lipinski definition) is 0. The molecular weight excluding hydrogens is 455 g/mol. The molecule has 1 unspecified atom stereocenters. The van der Waals surface area contributed by atoms with Crippen LogP contribution in [0.1, 0.15) is 32.3 Å². The number of piperidine rings is 1. The van der Waals surface area contributed by atoms with Crippen LogP contribution in [-0.4, -0.2) is 56.8 Å². The summed E-state index contributed by atoms with van der Waals surface area (Å²) < 4.78 is 68.4. The third-order valence-electron chi connectivity index (χ3n) is 4.86. The molecule has 32 heavy (non-hydrogen) atoms. The van der Waals surface area contributed by atoms with E-state index < -0.39 is 37.5 Å². The van der Waals surface area contributed by atoms with Crippen LogP contribution in [0.15, 0.2) is 29.4 Å². The number of halogens is 3. The SMILES string of the molecule is CCOC(=O)N(c1ccccc1CN1CCC(CC)/C(=N\OC)C1=O)S(=O)(=O)C(F)(F)F. The first-order valence-electron chi connectivity index (χ1n) is 9.76. The van der Waals surface area contributed by atoms with Crippen molar-refractivity contribution in [1.29, 1.82) is 0 Å². The van der Waals surface area contributed by atoms with Gasteiger partial charge < -0.3 is 14.5 Å². The normalized spacial score (nSPS) is 18.6. The second kappa shape index (κ2) is 10.2. The van der Waals surface area contributed by atoms with Crippen LogP contribution in [0, 0.1) is 5.92 Å². The largest absolute Gasteiger partial charge is 0.517 e. The molecule has 9 nitrogen and oxygen atoms in total. The quantitative estimate of drug-likeness (QED) is 0.556. The van der Waals surface area contributed by atoms with Gasteiger partial charge in [-0.2, -0.15) is 25.9 Å². The molecule has 0 radical (unpaired) electrons. The molecule has 2 rings (SSSR count). The summed E-state index contributed by atoms with van der Waals surface area (Å²) in [5.41, 5.74) is -6.13. The lowest BCUT2D eigenvalue weighted by molar-refractivity contribution is -0.126. The minimum absolute atomic E-state index is 0.00782. The highest BCUT2D eigenvalue weighted by Gasteiger charge is 2.53. The van der Waals surface area contributed by atoms with E-state index in [4.69, 9.17) is 4.84 Å². The number of carbonyl (C=O) groups excluding carboxylic acids is 2. The van der Waals surface area contributed by atoms with Gasteiger partial charge in [-0.3, -0.25) is 4.79 Å². The average Bonchev–Trinajstić information content (AvgIpc) is 2.71. The number of carbonyl (C=O) groups is 2. The first-order chi connectivity index (χ1) is 15.0. The molecule has 1 heterocycles. The number of likely N-dealkylation sites (tertiary alicyclic amines) is 1. The number of hydrogen-bond acceptors (Lipinski definition) is 7. The molecule has 0 aliphatic carbocycles. The van der Waals surface area contributed by atoms with Crippen molar-refractivity contribution in [3.8, 4) is 0 Å². The van der Waals surface area contributed by atoms with E-state index in [1.807, 2.05) is 6.92 Å². The summed E-state index contributed by atoms with van der Waals surface area (Å²) in [5.74, 6) is -0.628. The maximum absolute atomic E-state index is 13.3. The lowest BCUT2D eigenvalue weighted by Gasteiger charge is -2.33. The van der Waals surface area contributed by atoms with E-state index in [2.05, 4.69) is 9.89 Å². The van der Waals surface area contributed by atoms with Crippen molar-refractivity contribution in [3.63, 3.8) is 0 Å². The predicted molar refractivity (Wildman–Crippen MR) is 109 cm³/mol. The highest BCUT2D eigenvalue weighted by Crippen LogP contribution is 2.34. The minimum atomic E-state index is -6.11. The van der Waals surface area contributed by atoms with Gasteiger partial charge >= 0.3 is 21.6 Å². The smallest absolute Gasteiger partial charge is 0.449 e. The van der Waals surface area contributed by atoms with Crippen LogP contribution >= 0.6 is 0 Å². The second-order valence-electron chi connectivity index (χ2n) is 6.82. The molecule has 1 saturated heterocycles. The van der Waals surface area contributed by atoms with Crippen LogP contribution in [0.4, 0.5) is 23.7 Å². The standard InChI is InChI=1S/C19H24F3N3O6S/c1-4-13-10-11-24(17(26)16(13)23-30-3)12-14-8-6-7-9-15(14)25(18(27)31-5-2)32(28,29)19(20,21)22/h6-9,13H,4-5,10-12H2,1-3H3/b23-16+. The van der Waals surface area contributed by atoms with Gasteiger partial charge in [-0.05, 0) is 31.4 Å². The van der Waals surface area contributed by atoms with Gasteiger partial charge in [-0.15, -0.1) is 0 Å². The maximum atomic E-state index is 13.3. The Labute approximate surface area is 183 Å². The number of rotatable bonds is 7. The molecule has 178 valence electrons. The van der Waals surface area contributed by atoms with Crippen LogP contribution in [0.3, 0.4) is 0 Å². The van der Waals surface area contributed by atoms with Gasteiger partial charge in [-0.25, -0.2) is 4.79 Å². The molecule has 1 aliphatic heterocycles. The van der Waals surface area contributed by atoms with E-state index in [9.17, 15) is 31.2 Å². The summed E-state index contributed by atoms with van der Waals surface area (Å²) in [5, 5.41) is 3.79. The van der Waals surface area contributed by atoms with Crippen molar-refractivity contribution in [3.05, 3.63) is 29.8 Å². The molecule has 1 fully saturated rings. The third-order valence-corrected chi connectivity index (χ3v) is 6.27. The molecule has 0 N–H and O–H groups in total. The van der Waals surface area contributed by atoms with Crippen LogP contribution < -0.4 is 4.31 Å². The highest BCUT2D eigenvalue weighted by atomic mass is 32.2. The molecule has 1 atom stereocenters. The molecule has 1 aromatic rings. The number of amides is 2. The van der Waals surface area contributed by atoms with E-state index in [1.54, 1.807) is 0 Å². The van der Waals surface area contributed by atoms with Gasteiger partial charge in [0.2, 0.25) is 0 Å². The van der Waals surface area contributed by atoms with Crippen LogP contribution in [-0.2, 0) is 30.9 Å². The fraction of sp³-hybridized carbons (Fsp3) is 0.526. The summed E-state index contributed by atoms with van der Waals surface area (Å²) in [6, 6.07) is 5.11. The van der Waals surface area contributed by atoms with Crippen molar-refractivity contribution in [2.24, 2.45) is 11.1 Å². The Bertz CT molecular complexity index is 981. The summed E-state index contributed by atoms with van der Waals surface area (Å²) in [6.45, 7) is 2.88. The minimum Gasteiger partial charge on any atom is -0.449 e. The summed E-state index contributed by atoms with van der Waals surface area (Å²) >= 11 is 0. The Morgan fingerprint density at radius 2 is 1.94 bits per heavy atom. The molecule has 1 aromatic carbocycles. The molecule has 2 amide bonds. The van der Waals surface area contributed by atoms with Gasteiger partial charge in [0.15, 0.2) is 0 Å². The number of nitrogens with zero attached hydrogens (tertiary/aromatic N) is 3. The topological polar surface area (TPSA) is 106 Å². The lowest BCUT2D eigenvalue weighted by atomic mass is 9.91. The average molecular weight is 479 g/mol. The van der Waals surface area contributed by atoms with Gasteiger partial charge in [0.05, 0.1) is 12.3 Å². The van der Waals surface area contributed by atoms with Gasteiger partial charge in [0.25, 0.3) is 5.91 Å². The lowest BCUT2D eigenvalue weighted by Crippen LogP contribution is -2.47. The van der Waals surface area contributed by atoms with E-state index in [0.717, 1.165) is 6.07 Å². The summed E-state index contributed by atoms with van der Waals surface area (Å²) in [4.78, 5) is 31.2. The Morgan fingerprint density at radius 3 is 2.50 bits per heavy atom. The van der Waals surface area contributed by atoms with Crippen molar-refractivity contribution >= 4 is 33.4 Å². The highest BCUT2D eigenvalue weighted by molar-refractivity contribution is 7.94. The number of oxime groups is 1. The molecule has 0 spiro atoms. The van der Waals surface area contributed by atoms with Crippen molar-refractivity contribution < 1.29 is 40.8 Å². The first-order valence-corrected chi connectivity index (χ1v) is 11.2. The molecule has 0 bridgehead atoms. The molecule has 0 aromatic heterocycles. The Hall–Kier alpha value is -2.83. The van der Waals surface area contributed by atoms with Crippen molar-refractivity contribution in [1.82, 2.24) is 4.90 Å². The number of anilines is 1. The van der Waals surface area contributed by atoms with Crippen molar-refractivity contribution in [2.45, 2.75) is 38.7 Å². The summed E-state index contributed by atoms with van der Waals surface area (Å²) in [6.07, 6.45) is -0.525. The summed E-state index contributed by atoms with van der Waals surface area (Å²) in [7, 11) is -4.82. The third kappa shape index (κ3) is 5.14. The Morgan fingerprint density at radius 1 is 1.28 bits per heavy atom. The zero-order valence-electron chi connectivity index (χ0n) is 17.8. The maximum Gasteiger partial charge on any atom is 0.517 e. The van der Waals surface area contributed by atoms with Crippen LogP contribution in [0.5, 0.6) is 0 Å². The number of alkyl halides is 3. The fourth-order valence-corrected chi connectivity index (χ4v) is 4.20. The monoisotopic (exact) mass is 479 g/mol. The number of para-hydroxylation sites is 1. The van der Waals surface area contributed by atoms with Gasteiger partial charge in [0, 0.05) is 19.0 Å². The molecular formula is C19H24F3N3O6S. The number of sulfonamides is 1. The number of benzene rings is 1. The molecule has 0 saturated carbocycles. The van der Waals surface area contributed by atoms with Gasteiger partial charge in [0.1, 0.15) is 12.8 Å². The molecule has 1 aliphatic rings. The molecule has 13 heteroatoms. The zero-order chi connectivity index (χ0) is 24.1. The van der Waals surface area contributed by atoms with Crippen LogP contribution in [0.2, 0.25) is 0 Å². The zero-order valence-corrected chi connectivity index (χ0v) is 18.6. The van der Waals surface area contributed by atoms with E-state index in [-0.39, 0.29) is 36.9 Å². The van der Waals surface area contributed by atoms with E-state index >= 15 is 0 Å².